The Labute approximate surface area is 182 Å². The molecule has 0 aliphatic carbocycles. The second kappa shape index (κ2) is 11.5. The van der Waals surface area contributed by atoms with Crippen LogP contribution in [0.15, 0.2) is 47.6 Å². The maximum absolute atomic E-state index is 11.4. The number of halogens is 1. The first kappa shape index (κ1) is 21.9. The average Bonchev–Trinajstić information content (AvgIpc) is 2.70. The summed E-state index contributed by atoms with van der Waals surface area (Å²) in [6.45, 7) is 4.47. The number of aromatic nitrogens is 1. The van der Waals surface area contributed by atoms with E-state index in [0.29, 0.717) is 26.1 Å². The third kappa shape index (κ3) is 6.66. The van der Waals surface area contributed by atoms with Gasteiger partial charge in [-0.2, -0.15) is 0 Å². The van der Waals surface area contributed by atoms with Crippen LogP contribution in [0.4, 0.5) is 5.69 Å². The van der Waals surface area contributed by atoms with Crippen molar-refractivity contribution in [3.8, 4) is 5.75 Å². The first-order valence-corrected chi connectivity index (χ1v) is 9.22. The van der Waals surface area contributed by atoms with E-state index in [2.05, 4.69) is 25.9 Å². The number of nitrogens with one attached hydrogen (secondary N) is 3. The van der Waals surface area contributed by atoms with Crippen LogP contribution in [0, 0.1) is 0 Å². The minimum Gasteiger partial charge on any atom is -0.492 e. The third-order valence-corrected chi connectivity index (χ3v) is 4.10. The first-order valence-electron chi connectivity index (χ1n) is 9.22. The monoisotopic (exact) mass is 495 g/mol. The van der Waals surface area contributed by atoms with Crippen LogP contribution in [-0.2, 0) is 17.8 Å². The van der Waals surface area contributed by atoms with Crippen LogP contribution in [0.25, 0.3) is 0 Å². The zero-order chi connectivity index (χ0) is 18.9. The summed E-state index contributed by atoms with van der Waals surface area (Å²) in [5, 5.41) is 9.35. The molecule has 28 heavy (non-hydrogen) atoms. The van der Waals surface area contributed by atoms with E-state index < -0.39 is 0 Å². The largest absolute Gasteiger partial charge is 0.492 e. The van der Waals surface area contributed by atoms with Crippen molar-refractivity contribution in [1.82, 2.24) is 15.6 Å². The van der Waals surface area contributed by atoms with Gasteiger partial charge in [0.2, 0.25) is 5.91 Å². The lowest BCUT2D eigenvalue weighted by Gasteiger charge is -2.18. The van der Waals surface area contributed by atoms with Gasteiger partial charge in [-0.3, -0.25) is 9.78 Å². The molecular weight excluding hydrogens is 469 g/mol. The molecule has 8 heteroatoms. The minimum atomic E-state index is 0. The number of aryl methyl sites for hydroxylation is 1. The van der Waals surface area contributed by atoms with Gasteiger partial charge in [-0.15, -0.1) is 24.0 Å². The number of ether oxygens (including phenoxy) is 1. The summed E-state index contributed by atoms with van der Waals surface area (Å²) in [5.41, 5.74) is 2.92. The van der Waals surface area contributed by atoms with Gasteiger partial charge in [0.15, 0.2) is 5.96 Å². The van der Waals surface area contributed by atoms with Crippen LogP contribution >= 0.6 is 24.0 Å². The van der Waals surface area contributed by atoms with Gasteiger partial charge in [-0.05, 0) is 49.2 Å². The molecule has 0 saturated carbocycles. The third-order valence-electron chi connectivity index (χ3n) is 4.10. The smallest absolute Gasteiger partial charge is 0.224 e. The van der Waals surface area contributed by atoms with Crippen molar-refractivity contribution < 1.29 is 9.53 Å². The summed E-state index contributed by atoms with van der Waals surface area (Å²) in [5.74, 6) is 1.61. The van der Waals surface area contributed by atoms with Crippen molar-refractivity contribution in [2.24, 2.45) is 4.99 Å². The van der Waals surface area contributed by atoms with Crippen LogP contribution in [0.5, 0.6) is 5.75 Å². The van der Waals surface area contributed by atoms with Crippen molar-refractivity contribution in [3.63, 3.8) is 0 Å². The van der Waals surface area contributed by atoms with Gasteiger partial charge in [0, 0.05) is 24.8 Å². The molecular formula is C20H26IN5O2. The number of rotatable bonds is 7. The summed E-state index contributed by atoms with van der Waals surface area (Å²) in [7, 11) is 0. The molecule has 1 aliphatic rings. The topological polar surface area (TPSA) is 87.6 Å². The summed E-state index contributed by atoms with van der Waals surface area (Å²) in [6.07, 6.45) is 3.04. The number of nitrogens with zero attached hydrogens (tertiary/aromatic N) is 2. The van der Waals surface area contributed by atoms with Gasteiger partial charge in [0.25, 0.3) is 0 Å². The molecule has 7 nitrogen and oxygen atoms in total. The zero-order valence-electron chi connectivity index (χ0n) is 15.9. The Hall–Kier alpha value is -2.36. The number of hydrogen-bond donors (Lipinski definition) is 3. The number of carbonyl (C=O) groups is 1. The fourth-order valence-electron chi connectivity index (χ4n) is 2.78. The Morgan fingerprint density at radius 2 is 2.14 bits per heavy atom. The molecule has 0 saturated heterocycles. The van der Waals surface area contributed by atoms with Crippen molar-refractivity contribution in [2.45, 2.75) is 26.3 Å². The van der Waals surface area contributed by atoms with E-state index in [1.54, 1.807) is 6.20 Å². The summed E-state index contributed by atoms with van der Waals surface area (Å²) in [6, 6.07) is 11.6. The molecule has 0 atom stereocenters. The van der Waals surface area contributed by atoms with E-state index in [1.807, 2.05) is 43.3 Å². The molecule has 2 aromatic rings. The number of pyridine rings is 1. The fraction of sp³-hybridized carbons (Fsp3) is 0.350. The summed E-state index contributed by atoms with van der Waals surface area (Å²) in [4.78, 5) is 20.2. The lowest BCUT2D eigenvalue weighted by atomic mass is 10.0. The van der Waals surface area contributed by atoms with E-state index in [-0.39, 0.29) is 29.9 Å². The van der Waals surface area contributed by atoms with Gasteiger partial charge in [-0.25, -0.2) is 4.99 Å². The van der Waals surface area contributed by atoms with Crippen LogP contribution in [0.2, 0.25) is 0 Å². The standard InChI is InChI=1S/C20H25N5O2.HI/c1-2-21-20(24-14-16-5-3-4-10-22-16)23-11-12-27-17-7-8-18-15(13-17)6-9-19(26)25-18;/h3-5,7-8,10,13H,2,6,9,11-12,14H2,1H3,(H,25,26)(H2,21,23,24);1H. The minimum absolute atomic E-state index is 0. The van der Waals surface area contributed by atoms with Gasteiger partial charge < -0.3 is 20.7 Å². The second-order valence-corrected chi connectivity index (χ2v) is 6.16. The van der Waals surface area contributed by atoms with E-state index in [9.17, 15) is 4.79 Å². The van der Waals surface area contributed by atoms with E-state index in [4.69, 9.17) is 4.74 Å². The van der Waals surface area contributed by atoms with Crippen molar-refractivity contribution in [1.29, 1.82) is 0 Å². The van der Waals surface area contributed by atoms with Crippen LogP contribution in [0.3, 0.4) is 0 Å². The molecule has 0 radical (unpaired) electrons. The number of carbonyl (C=O) groups excluding carboxylic acids is 1. The SMILES string of the molecule is CCNC(=NCc1ccccn1)NCCOc1ccc2c(c1)CCC(=O)N2.I. The first-order chi connectivity index (χ1) is 13.2. The number of fused-ring (bicyclic) bond motifs is 1. The van der Waals surface area contributed by atoms with E-state index in [1.165, 1.54) is 0 Å². The molecule has 3 rings (SSSR count). The molecule has 0 bridgehead atoms. The van der Waals surface area contributed by atoms with Crippen molar-refractivity contribution in [3.05, 3.63) is 53.9 Å². The number of hydrogen-bond acceptors (Lipinski definition) is 4. The highest BCUT2D eigenvalue weighted by atomic mass is 127. The Balaban J connectivity index is 0.00000280. The number of benzene rings is 1. The highest BCUT2D eigenvalue weighted by molar-refractivity contribution is 14.0. The van der Waals surface area contributed by atoms with E-state index >= 15 is 0 Å². The fourth-order valence-corrected chi connectivity index (χ4v) is 2.78. The molecule has 3 N–H and O–H groups in total. The Bertz CT molecular complexity index is 798. The molecule has 0 fully saturated rings. The highest BCUT2D eigenvalue weighted by Crippen LogP contribution is 2.26. The predicted molar refractivity (Wildman–Crippen MR) is 121 cm³/mol. The summed E-state index contributed by atoms with van der Waals surface area (Å²) >= 11 is 0. The molecule has 0 spiro atoms. The molecule has 1 aliphatic heterocycles. The number of amides is 1. The van der Waals surface area contributed by atoms with Crippen molar-refractivity contribution >= 4 is 41.5 Å². The molecule has 150 valence electrons. The Morgan fingerprint density at radius 1 is 1.25 bits per heavy atom. The number of guanidine groups is 1. The van der Waals surface area contributed by atoms with Gasteiger partial charge in [0.05, 0.1) is 18.8 Å². The van der Waals surface area contributed by atoms with Gasteiger partial charge in [-0.1, -0.05) is 6.07 Å². The zero-order valence-corrected chi connectivity index (χ0v) is 18.2. The van der Waals surface area contributed by atoms with E-state index in [0.717, 1.165) is 41.6 Å². The van der Waals surface area contributed by atoms with Crippen molar-refractivity contribution in [2.75, 3.05) is 25.0 Å². The second-order valence-electron chi connectivity index (χ2n) is 6.16. The lowest BCUT2D eigenvalue weighted by Crippen LogP contribution is -2.39. The normalized spacial score (nSPS) is 13.0. The molecule has 1 aromatic carbocycles. The van der Waals surface area contributed by atoms with Crippen LogP contribution in [-0.4, -0.2) is 36.5 Å². The number of aliphatic imine (C=N–C) groups is 1. The molecule has 1 aromatic heterocycles. The molecule has 0 unspecified atom stereocenters. The predicted octanol–water partition coefficient (Wildman–Crippen LogP) is 2.72. The molecule has 1 amide bonds. The average molecular weight is 495 g/mol. The summed E-state index contributed by atoms with van der Waals surface area (Å²) < 4.78 is 5.82. The highest BCUT2D eigenvalue weighted by Gasteiger charge is 2.14. The van der Waals surface area contributed by atoms with Crippen LogP contribution < -0.4 is 20.7 Å². The number of anilines is 1. The Kier molecular flexibility index (Phi) is 8.99. The van der Waals surface area contributed by atoms with Gasteiger partial charge >= 0.3 is 0 Å². The molecule has 2 heterocycles. The quantitative estimate of drug-likeness (QED) is 0.238. The van der Waals surface area contributed by atoms with Crippen LogP contribution in [0.1, 0.15) is 24.6 Å². The maximum atomic E-state index is 11.4. The van der Waals surface area contributed by atoms with Gasteiger partial charge in [0.1, 0.15) is 12.4 Å². The Morgan fingerprint density at radius 3 is 2.93 bits per heavy atom. The lowest BCUT2D eigenvalue weighted by molar-refractivity contribution is -0.116. The maximum Gasteiger partial charge on any atom is 0.224 e.